The number of carbonyl (C=O) groups is 3. The van der Waals surface area contributed by atoms with Gasteiger partial charge in [0.1, 0.15) is 0 Å². The number of aliphatic hydroxyl groups is 3. The summed E-state index contributed by atoms with van der Waals surface area (Å²) in [4.78, 5) is 35.0. The minimum Gasteiger partial charge on any atom is -0.469 e. The number of methoxy groups -OCH3 is 3. The molecule has 0 bridgehead atoms. The Morgan fingerprint density at radius 3 is 1.12 bits per heavy atom. The third kappa shape index (κ3) is 11.4. The van der Waals surface area contributed by atoms with Crippen LogP contribution < -0.4 is 0 Å². The van der Waals surface area contributed by atoms with Gasteiger partial charge in [-0.15, -0.1) is 0 Å². The molecule has 0 spiro atoms. The largest absolute Gasteiger partial charge is 0.469 e. The molecule has 0 amide bonds. The Labute approximate surface area is 146 Å². The van der Waals surface area contributed by atoms with Gasteiger partial charge in [0.15, 0.2) is 0 Å². The molecule has 0 saturated heterocycles. The van der Waals surface area contributed by atoms with Crippen molar-refractivity contribution in [2.45, 2.75) is 37.6 Å². The van der Waals surface area contributed by atoms with E-state index in [4.69, 9.17) is 0 Å². The van der Waals surface area contributed by atoms with Gasteiger partial charge >= 0.3 is 17.9 Å². The Kier molecular flexibility index (Phi) is 11.7. The molecule has 0 fully saturated rings. The van der Waals surface area contributed by atoms with Crippen LogP contribution in [0.2, 0.25) is 0 Å². The average Bonchev–Trinajstić information content (AvgIpc) is 2.53. The van der Waals surface area contributed by atoms with Gasteiger partial charge in [0, 0.05) is 19.6 Å². The molecular weight excluding hydrogens is 338 g/mol. The maximum Gasteiger partial charge on any atom is 0.308 e. The molecule has 0 heterocycles. The van der Waals surface area contributed by atoms with Gasteiger partial charge in [0.05, 0.1) is 58.9 Å². The van der Waals surface area contributed by atoms with Crippen LogP contribution in [0.5, 0.6) is 0 Å². The number of aliphatic hydroxyl groups excluding tert-OH is 3. The number of hydrogen-bond donors (Lipinski definition) is 3. The summed E-state index contributed by atoms with van der Waals surface area (Å²) >= 11 is 0. The van der Waals surface area contributed by atoms with Crippen LogP contribution in [0.3, 0.4) is 0 Å². The number of carbonyl (C=O) groups excluding carboxylic acids is 3. The molecule has 0 saturated carbocycles. The summed E-state index contributed by atoms with van der Waals surface area (Å²) in [5.41, 5.74) is 0. The lowest BCUT2D eigenvalue weighted by molar-refractivity contribution is -0.143. The van der Waals surface area contributed by atoms with Crippen molar-refractivity contribution in [2.75, 3.05) is 41.0 Å². The van der Waals surface area contributed by atoms with Crippen molar-refractivity contribution in [3.05, 3.63) is 0 Å². The zero-order chi connectivity index (χ0) is 19.4. The van der Waals surface area contributed by atoms with Gasteiger partial charge in [-0.3, -0.25) is 19.3 Å². The lowest BCUT2D eigenvalue weighted by Gasteiger charge is -2.28. The highest BCUT2D eigenvalue weighted by Gasteiger charge is 2.23. The van der Waals surface area contributed by atoms with Crippen molar-refractivity contribution < 1.29 is 43.9 Å². The monoisotopic (exact) mass is 365 g/mol. The Hall–Kier alpha value is -1.75. The van der Waals surface area contributed by atoms with Crippen LogP contribution in [0.25, 0.3) is 0 Å². The molecule has 0 aromatic rings. The maximum atomic E-state index is 11.2. The summed E-state index contributed by atoms with van der Waals surface area (Å²) in [6.45, 7) is -0.233. The smallest absolute Gasteiger partial charge is 0.308 e. The molecule has 0 aromatic heterocycles. The van der Waals surface area contributed by atoms with Crippen molar-refractivity contribution in [3.8, 4) is 0 Å². The highest BCUT2D eigenvalue weighted by Crippen LogP contribution is 2.06. The van der Waals surface area contributed by atoms with Gasteiger partial charge < -0.3 is 29.5 Å². The van der Waals surface area contributed by atoms with E-state index in [9.17, 15) is 29.7 Å². The first-order chi connectivity index (χ1) is 11.7. The molecule has 0 aliphatic heterocycles. The van der Waals surface area contributed by atoms with E-state index in [1.165, 1.54) is 26.2 Å². The van der Waals surface area contributed by atoms with Gasteiger partial charge in [-0.1, -0.05) is 0 Å². The number of ether oxygens (including phenoxy) is 3. The van der Waals surface area contributed by atoms with Gasteiger partial charge in [0.2, 0.25) is 0 Å². The fraction of sp³-hybridized carbons (Fsp3) is 0.800. The second-order valence-corrected chi connectivity index (χ2v) is 5.52. The Bertz CT molecular complexity index is 367. The minimum absolute atomic E-state index is 0.0778. The van der Waals surface area contributed by atoms with E-state index in [2.05, 4.69) is 14.2 Å². The van der Waals surface area contributed by atoms with Crippen LogP contribution in [-0.2, 0) is 28.6 Å². The number of rotatable bonds is 12. The third-order valence-electron chi connectivity index (χ3n) is 3.30. The molecule has 0 aliphatic carbocycles. The summed E-state index contributed by atoms with van der Waals surface area (Å²) in [5.74, 6) is -1.84. The molecule has 10 nitrogen and oxygen atoms in total. The van der Waals surface area contributed by atoms with Gasteiger partial charge in [-0.05, 0) is 0 Å². The molecule has 0 aromatic carbocycles. The van der Waals surface area contributed by atoms with E-state index >= 15 is 0 Å². The van der Waals surface area contributed by atoms with Crippen LogP contribution in [0.15, 0.2) is 0 Å². The van der Waals surface area contributed by atoms with Crippen LogP contribution in [0.1, 0.15) is 19.3 Å². The van der Waals surface area contributed by atoms with Gasteiger partial charge in [-0.25, -0.2) is 0 Å². The van der Waals surface area contributed by atoms with E-state index in [0.29, 0.717) is 0 Å². The normalized spacial score (nSPS) is 14.5. The lowest BCUT2D eigenvalue weighted by atomic mass is 10.1. The average molecular weight is 365 g/mol. The SMILES string of the molecule is COC(=O)CC(O)CN(CC(O)CC(=O)OC)CC(O)CC(=O)OC. The van der Waals surface area contributed by atoms with Gasteiger partial charge in [-0.2, -0.15) is 0 Å². The topological polar surface area (TPSA) is 143 Å². The lowest BCUT2D eigenvalue weighted by Crippen LogP contribution is -2.43. The molecule has 25 heavy (non-hydrogen) atoms. The molecule has 3 atom stereocenters. The first kappa shape index (κ1) is 23.2. The third-order valence-corrected chi connectivity index (χ3v) is 3.30. The number of hydrogen-bond acceptors (Lipinski definition) is 10. The van der Waals surface area contributed by atoms with Crippen LogP contribution >= 0.6 is 0 Å². The van der Waals surface area contributed by atoms with Crippen LogP contribution in [0, 0.1) is 0 Å². The summed E-state index contributed by atoms with van der Waals surface area (Å²) in [6.07, 6.45) is -4.14. The molecule has 0 radical (unpaired) electrons. The summed E-state index contributed by atoms with van der Waals surface area (Å²) in [5, 5.41) is 29.7. The van der Waals surface area contributed by atoms with Crippen LogP contribution in [-0.4, -0.2) is 97.4 Å². The zero-order valence-corrected chi connectivity index (χ0v) is 14.7. The Morgan fingerprint density at radius 1 is 0.680 bits per heavy atom. The summed E-state index contributed by atoms with van der Waals surface area (Å²) < 4.78 is 13.4. The molecule has 0 aliphatic rings. The first-order valence-electron chi connectivity index (χ1n) is 7.68. The Morgan fingerprint density at radius 2 is 0.920 bits per heavy atom. The molecule has 10 heteroatoms. The van der Waals surface area contributed by atoms with Crippen molar-refractivity contribution in [3.63, 3.8) is 0 Å². The fourth-order valence-corrected chi connectivity index (χ4v) is 2.14. The molecule has 3 N–H and O–H groups in total. The van der Waals surface area contributed by atoms with E-state index in [1.807, 2.05) is 0 Å². The second-order valence-electron chi connectivity index (χ2n) is 5.52. The van der Waals surface area contributed by atoms with Crippen molar-refractivity contribution in [1.82, 2.24) is 4.90 Å². The molecule has 0 rings (SSSR count). The maximum absolute atomic E-state index is 11.2. The highest BCUT2D eigenvalue weighted by atomic mass is 16.5. The van der Waals surface area contributed by atoms with Crippen molar-refractivity contribution in [2.24, 2.45) is 0 Å². The highest BCUT2D eigenvalue weighted by molar-refractivity contribution is 5.70. The van der Waals surface area contributed by atoms with Crippen molar-refractivity contribution >= 4 is 17.9 Å². The minimum atomic E-state index is -1.11. The fourth-order valence-electron chi connectivity index (χ4n) is 2.14. The second kappa shape index (κ2) is 12.6. The zero-order valence-electron chi connectivity index (χ0n) is 14.7. The molecule has 146 valence electrons. The van der Waals surface area contributed by atoms with E-state index in [1.54, 1.807) is 0 Å². The van der Waals surface area contributed by atoms with E-state index in [-0.39, 0.29) is 38.9 Å². The summed E-state index contributed by atoms with van der Waals surface area (Å²) in [7, 11) is 3.56. The quantitative estimate of drug-likeness (QED) is 0.264. The van der Waals surface area contributed by atoms with E-state index < -0.39 is 36.2 Å². The predicted octanol–water partition coefficient (Wildman–Crippen LogP) is -1.94. The first-order valence-corrected chi connectivity index (χ1v) is 7.68. The predicted molar refractivity (Wildman–Crippen MR) is 84.4 cm³/mol. The molecular formula is C15H27NO9. The van der Waals surface area contributed by atoms with E-state index in [0.717, 1.165) is 0 Å². The van der Waals surface area contributed by atoms with Gasteiger partial charge in [0.25, 0.3) is 0 Å². The van der Waals surface area contributed by atoms with Crippen molar-refractivity contribution in [1.29, 1.82) is 0 Å². The van der Waals surface area contributed by atoms with Crippen LogP contribution in [0.4, 0.5) is 0 Å². The number of esters is 3. The Balaban J connectivity index is 4.75. The standard InChI is InChI=1S/C15H27NO9/c1-23-13(20)4-10(17)7-16(8-11(18)5-14(21)24-2)9-12(19)6-15(22)25-3/h10-12,17-19H,4-9H2,1-3H3. The number of nitrogens with zero attached hydrogens (tertiary/aromatic N) is 1. The summed E-state index contributed by atoms with van der Waals surface area (Å²) in [6, 6.07) is 0. The molecule has 3 unspecified atom stereocenters.